The molecule has 2 aromatic carbocycles. The smallest absolute Gasteiger partial charge is 0.354 e. The van der Waals surface area contributed by atoms with Gasteiger partial charge in [0.25, 0.3) is 0 Å². The topological polar surface area (TPSA) is 88.7 Å². The van der Waals surface area contributed by atoms with Crippen LogP contribution in [0, 0.1) is 18.3 Å². The number of carbonyl (C=O) groups is 1. The van der Waals surface area contributed by atoms with Gasteiger partial charge in [-0.25, -0.2) is 9.78 Å². The number of benzene rings is 2. The summed E-state index contributed by atoms with van der Waals surface area (Å²) in [6.07, 6.45) is 11.9. The van der Waals surface area contributed by atoms with Gasteiger partial charge in [0.2, 0.25) is 0 Å². The van der Waals surface area contributed by atoms with Crippen LogP contribution in [0.25, 0.3) is 22.2 Å². The normalized spacial score (nSPS) is 20.3. The molecule has 0 bridgehead atoms. The molecule has 2 aromatic heterocycles. The fourth-order valence-electron chi connectivity index (χ4n) is 7.74. The molecule has 1 spiro atoms. The van der Waals surface area contributed by atoms with Crippen LogP contribution in [0.1, 0.15) is 91.1 Å². The van der Waals surface area contributed by atoms with Crippen molar-refractivity contribution in [3.63, 3.8) is 0 Å². The number of aromatic carboxylic acids is 1. The lowest BCUT2D eigenvalue weighted by molar-refractivity contribution is 0.0282. The molecular weight excluding hydrogens is 538 g/mol. The third-order valence-corrected chi connectivity index (χ3v) is 10.6. The molecule has 0 radical (unpaired) electrons. The average Bonchev–Trinajstić information content (AvgIpc) is 3.74. The van der Waals surface area contributed by atoms with Crippen molar-refractivity contribution in [2.75, 3.05) is 18.0 Å². The number of anilines is 1. The number of fused-ring (bicyclic) bond motifs is 1. The average molecular weight is 578 g/mol. The van der Waals surface area contributed by atoms with Gasteiger partial charge in [-0.15, -0.1) is 0 Å². The summed E-state index contributed by atoms with van der Waals surface area (Å²) in [7, 11) is 0. The summed E-state index contributed by atoms with van der Waals surface area (Å²) in [4.78, 5) is 18.6. The minimum absolute atomic E-state index is 0.0375. The van der Waals surface area contributed by atoms with Gasteiger partial charge in [0.1, 0.15) is 17.2 Å². The first-order valence-corrected chi connectivity index (χ1v) is 16.1. The van der Waals surface area contributed by atoms with Gasteiger partial charge in [-0.3, -0.25) is 0 Å². The summed E-state index contributed by atoms with van der Waals surface area (Å²) < 4.78 is 12.2. The van der Waals surface area contributed by atoms with E-state index in [4.69, 9.17) is 9.26 Å². The molecule has 0 unspecified atom stereocenters. The number of hydrogen-bond acceptors (Lipinski definition) is 6. The number of rotatable bonds is 8. The van der Waals surface area contributed by atoms with Crippen LogP contribution >= 0.6 is 0 Å². The van der Waals surface area contributed by atoms with Crippen LogP contribution in [0.4, 0.5) is 5.69 Å². The van der Waals surface area contributed by atoms with Crippen LogP contribution in [0.3, 0.4) is 0 Å². The van der Waals surface area contributed by atoms with Crippen molar-refractivity contribution in [1.82, 2.24) is 10.1 Å². The second kappa shape index (κ2) is 10.4. The molecule has 3 heterocycles. The highest BCUT2D eigenvalue weighted by atomic mass is 16.5. The number of pyridine rings is 1. The molecule has 0 amide bonds. The Morgan fingerprint density at radius 2 is 1.86 bits per heavy atom. The summed E-state index contributed by atoms with van der Waals surface area (Å²) in [6, 6.07) is 16.3. The van der Waals surface area contributed by atoms with Gasteiger partial charge < -0.3 is 19.3 Å². The number of hydrogen-bond donors (Lipinski definition) is 1. The Morgan fingerprint density at radius 3 is 2.56 bits per heavy atom. The van der Waals surface area contributed by atoms with E-state index in [0.717, 1.165) is 55.6 Å². The molecule has 43 heavy (non-hydrogen) atoms. The van der Waals surface area contributed by atoms with Crippen LogP contribution in [-0.4, -0.2) is 40.4 Å². The molecule has 7 heteroatoms. The molecule has 1 saturated heterocycles. The third-order valence-electron chi connectivity index (χ3n) is 10.6. The predicted octanol–water partition coefficient (Wildman–Crippen LogP) is 7.94. The van der Waals surface area contributed by atoms with Crippen molar-refractivity contribution >= 4 is 22.6 Å². The van der Waals surface area contributed by atoms with Crippen molar-refractivity contribution < 1.29 is 19.2 Å². The monoisotopic (exact) mass is 577 g/mol. The SMILES string of the molecule is Cc1ccccc1-c1noc(C2CC2)c1CC1CC2(CCN(c3ccc4nc(C(=O)O)cc(OC5CCC5)c4c3)CC2)C1. The standard InChI is InChI=1S/C36H39N3O4/c1-22-5-2-3-8-27(22)33-29(34(43-38-33)24-9-10-24)17-23-20-36(21-23)13-15-39(16-14-36)25-11-12-30-28(18-25)32(42-26-6-4-7-26)19-31(37-30)35(40)41/h2-3,5,8,11-12,18-19,23-24,26H,4,6-7,9-10,13-17,20-21H2,1H3,(H,40,41). The molecule has 3 aliphatic carbocycles. The molecule has 4 aromatic rings. The Balaban J connectivity index is 0.957. The summed E-state index contributed by atoms with van der Waals surface area (Å²) in [6.45, 7) is 4.23. The molecule has 3 saturated carbocycles. The zero-order valence-corrected chi connectivity index (χ0v) is 24.8. The fraction of sp³-hybridized carbons (Fsp3) is 0.472. The lowest BCUT2D eigenvalue weighted by Gasteiger charge is -2.53. The highest BCUT2D eigenvalue weighted by molar-refractivity contribution is 5.94. The highest BCUT2D eigenvalue weighted by Gasteiger charge is 2.46. The minimum Gasteiger partial charge on any atom is -0.490 e. The van der Waals surface area contributed by atoms with E-state index in [1.807, 2.05) is 6.07 Å². The van der Waals surface area contributed by atoms with Crippen LogP contribution in [0.15, 0.2) is 53.1 Å². The van der Waals surface area contributed by atoms with Gasteiger partial charge in [0, 0.05) is 47.3 Å². The van der Waals surface area contributed by atoms with Gasteiger partial charge in [-0.1, -0.05) is 29.4 Å². The van der Waals surface area contributed by atoms with E-state index in [1.165, 1.54) is 60.9 Å². The fourth-order valence-corrected chi connectivity index (χ4v) is 7.74. The maximum absolute atomic E-state index is 11.7. The first kappa shape index (κ1) is 26.7. The molecule has 8 rings (SSSR count). The Labute approximate surface area is 252 Å². The third kappa shape index (κ3) is 4.96. The van der Waals surface area contributed by atoms with E-state index in [2.05, 4.69) is 58.4 Å². The lowest BCUT2D eigenvalue weighted by atomic mass is 9.56. The quantitative estimate of drug-likeness (QED) is 0.227. The summed E-state index contributed by atoms with van der Waals surface area (Å²) in [5, 5.41) is 15.1. The zero-order valence-electron chi connectivity index (χ0n) is 24.8. The van der Waals surface area contributed by atoms with Crippen molar-refractivity contribution in [1.29, 1.82) is 0 Å². The number of piperidine rings is 1. The van der Waals surface area contributed by atoms with E-state index >= 15 is 0 Å². The second-order valence-electron chi connectivity index (χ2n) is 13.6. The largest absolute Gasteiger partial charge is 0.490 e. The Bertz CT molecular complexity index is 1690. The molecule has 4 fully saturated rings. The number of carboxylic acid groups (broad SMARTS) is 1. The van der Waals surface area contributed by atoms with Crippen molar-refractivity contribution in [3.05, 3.63) is 71.1 Å². The number of nitrogens with zero attached hydrogens (tertiary/aromatic N) is 3. The second-order valence-corrected chi connectivity index (χ2v) is 13.6. The maximum Gasteiger partial charge on any atom is 0.354 e. The number of carboxylic acids is 1. The number of ether oxygens (including phenoxy) is 1. The van der Waals surface area contributed by atoms with Crippen molar-refractivity contribution in [3.8, 4) is 17.0 Å². The molecule has 7 nitrogen and oxygen atoms in total. The van der Waals surface area contributed by atoms with E-state index in [1.54, 1.807) is 6.07 Å². The molecule has 4 aliphatic rings. The summed E-state index contributed by atoms with van der Waals surface area (Å²) in [5.74, 6) is 2.02. The number of aryl methyl sites for hydroxylation is 1. The van der Waals surface area contributed by atoms with Crippen molar-refractivity contribution in [2.45, 2.75) is 83.2 Å². The van der Waals surface area contributed by atoms with Crippen LogP contribution < -0.4 is 9.64 Å². The lowest BCUT2D eigenvalue weighted by Crippen LogP contribution is -2.47. The first-order chi connectivity index (χ1) is 20.9. The van der Waals surface area contributed by atoms with Crippen molar-refractivity contribution in [2.24, 2.45) is 11.3 Å². The van der Waals surface area contributed by atoms with Crippen LogP contribution in [0.2, 0.25) is 0 Å². The zero-order chi connectivity index (χ0) is 29.1. The molecule has 1 aliphatic heterocycles. The Hall–Kier alpha value is -3.87. The van der Waals surface area contributed by atoms with E-state index < -0.39 is 5.97 Å². The predicted molar refractivity (Wildman–Crippen MR) is 166 cm³/mol. The minimum atomic E-state index is -1.02. The van der Waals surface area contributed by atoms with E-state index in [0.29, 0.717) is 28.5 Å². The van der Waals surface area contributed by atoms with Crippen LogP contribution in [-0.2, 0) is 6.42 Å². The van der Waals surface area contributed by atoms with Crippen LogP contribution in [0.5, 0.6) is 5.75 Å². The van der Waals surface area contributed by atoms with Gasteiger partial charge in [-0.2, -0.15) is 0 Å². The maximum atomic E-state index is 11.7. The highest BCUT2D eigenvalue weighted by Crippen LogP contribution is 2.55. The Morgan fingerprint density at radius 1 is 1.07 bits per heavy atom. The van der Waals surface area contributed by atoms with Gasteiger partial charge >= 0.3 is 5.97 Å². The van der Waals surface area contributed by atoms with Gasteiger partial charge in [0.05, 0.1) is 11.6 Å². The van der Waals surface area contributed by atoms with E-state index in [-0.39, 0.29) is 11.8 Å². The van der Waals surface area contributed by atoms with Gasteiger partial charge in [-0.05, 0) is 106 Å². The summed E-state index contributed by atoms with van der Waals surface area (Å²) in [5.41, 5.74) is 7.22. The molecule has 0 atom stereocenters. The van der Waals surface area contributed by atoms with E-state index in [9.17, 15) is 9.90 Å². The summed E-state index contributed by atoms with van der Waals surface area (Å²) >= 11 is 0. The molecule has 222 valence electrons. The number of aromatic nitrogens is 2. The van der Waals surface area contributed by atoms with Gasteiger partial charge in [0.15, 0.2) is 5.69 Å². The Kier molecular flexibility index (Phi) is 6.46. The molecular formula is C36H39N3O4. The first-order valence-electron chi connectivity index (χ1n) is 16.1. The molecule has 1 N–H and O–H groups in total.